The maximum atomic E-state index is 12.9. The lowest BCUT2D eigenvalue weighted by molar-refractivity contribution is -0.129. The zero-order chi connectivity index (χ0) is 18.1. The van der Waals surface area contributed by atoms with Gasteiger partial charge in [0.2, 0.25) is 0 Å². The number of benzene rings is 1. The molecule has 1 aliphatic heterocycles. The minimum atomic E-state index is -0.672. The maximum absolute atomic E-state index is 12.9. The number of nitrogens with zero attached hydrogens (tertiary/aromatic N) is 2. The molecule has 2 rings (SSSR count). The van der Waals surface area contributed by atoms with Crippen molar-refractivity contribution in [1.29, 1.82) is 0 Å². The van der Waals surface area contributed by atoms with Crippen LogP contribution in [0, 0.1) is 5.41 Å². The van der Waals surface area contributed by atoms with Crippen LogP contribution in [-0.4, -0.2) is 53.8 Å². The van der Waals surface area contributed by atoms with E-state index in [4.69, 9.17) is 0 Å². The highest BCUT2D eigenvalue weighted by Crippen LogP contribution is 2.40. The fraction of sp³-hybridized carbons (Fsp3) is 0.474. The van der Waals surface area contributed by atoms with E-state index < -0.39 is 23.1 Å². The van der Waals surface area contributed by atoms with E-state index in [1.54, 1.807) is 25.7 Å². The Morgan fingerprint density at radius 2 is 1.79 bits per heavy atom. The normalized spacial score (nSPS) is 18.7. The van der Waals surface area contributed by atoms with Crippen molar-refractivity contribution in [2.75, 3.05) is 27.2 Å². The highest BCUT2D eigenvalue weighted by atomic mass is 16.3. The number of amides is 1. The van der Waals surface area contributed by atoms with E-state index in [9.17, 15) is 14.7 Å². The number of rotatable bonds is 5. The van der Waals surface area contributed by atoms with Gasteiger partial charge in [-0.1, -0.05) is 51.1 Å². The molecule has 1 atom stereocenters. The number of Topliss-reactive ketones (excluding diaryl/α,β-unsaturated/α-hetero) is 1. The van der Waals surface area contributed by atoms with Gasteiger partial charge in [-0.25, -0.2) is 0 Å². The summed E-state index contributed by atoms with van der Waals surface area (Å²) in [5, 5.41) is 10.4. The van der Waals surface area contributed by atoms with Crippen LogP contribution in [0.2, 0.25) is 0 Å². The molecule has 1 unspecified atom stereocenters. The molecule has 1 aromatic rings. The van der Waals surface area contributed by atoms with Crippen LogP contribution in [0.1, 0.15) is 32.4 Å². The van der Waals surface area contributed by atoms with Crippen molar-refractivity contribution >= 4 is 11.7 Å². The summed E-state index contributed by atoms with van der Waals surface area (Å²) in [5.74, 6) is -1.09. The van der Waals surface area contributed by atoms with Gasteiger partial charge >= 0.3 is 0 Å². The van der Waals surface area contributed by atoms with Gasteiger partial charge < -0.3 is 14.9 Å². The van der Waals surface area contributed by atoms with Crippen LogP contribution < -0.4 is 0 Å². The van der Waals surface area contributed by atoms with E-state index in [1.165, 1.54) is 0 Å². The Hall–Kier alpha value is -2.14. The molecule has 0 aliphatic carbocycles. The summed E-state index contributed by atoms with van der Waals surface area (Å²) in [6, 6.07) is 8.87. The van der Waals surface area contributed by atoms with Crippen molar-refractivity contribution in [1.82, 2.24) is 9.80 Å². The third-order valence-electron chi connectivity index (χ3n) is 4.13. The van der Waals surface area contributed by atoms with Gasteiger partial charge in [-0.2, -0.15) is 0 Å². The molecule has 5 nitrogen and oxygen atoms in total. The molecule has 0 radical (unpaired) electrons. The lowest BCUT2D eigenvalue weighted by atomic mass is 9.82. The smallest absolute Gasteiger partial charge is 0.290 e. The van der Waals surface area contributed by atoms with Crippen molar-refractivity contribution in [3.8, 4) is 0 Å². The first-order valence-electron chi connectivity index (χ1n) is 8.13. The first-order valence-corrected chi connectivity index (χ1v) is 8.13. The van der Waals surface area contributed by atoms with E-state index in [1.807, 2.05) is 49.3 Å². The van der Waals surface area contributed by atoms with Crippen molar-refractivity contribution in [2.45, 2.75) is 26.8 Å². The Kier molecular flexibility index (Phi) is 5.13. The molecule has 5 heteroatoms. The summed E-state index contributed by atoms with van der Waals surface area (Å²) in [5.41, 5.74) is 0.368. The molecule has 0 aromatic heterocycles. The summed E-state index contributed by atoms with van der Waals surface area (Å²) in [4.78, 5) is 29.0. The van der Waals surface area contributed by atoms with E-state index in [-0.39, 0.29) is 11.4 Å². The monoisotopic (exact) mass is 330 g/mol. The van der Waals surface area contributed by atoms with Gasteiger partial charge in [0.15, 0.2) is 11.5 Å². The van der Waals surface area contributed by atoms with Crippen molar-refractivity contribution < 1.29 is 14.7 Å². The fourth-order valence-corrected chi connectivity index (χ4v) is 2.81. The van der Waals surface area contributed by atoms with Gasteiger partial charge in [-0.05, 0) is 19.7 Å². The van der Waals surface area contributed by atoms with Gasteiger partial charge in [0.05, 0.1) is 11.6 Å². The molecule has 0 bridgehead atoms. The van der Waals surface area contributed by atoms with Crippen LogP contribution in [0.4, 0.5) is 0 Å². The summed E-state index contributed by atoms with van der Waals surface area (Å²) < 4.78 is 0. The highest BCUT2D eigenvalue weighted by molar-refractivity contribution is 6.10. The molecule has 0 spiro atoms. The number of likely N-dealkylation sites (N-methyl/N-ethyl adjacent to an activating group) is 1. The second kappa shape index (κ2) is 6.77. The van der Waals surface area contributed by atoms with Crippen LogP contribution in [0.25, 0.3) is 0 Å². The summed E-state index contributed by atoms with van der Waals surface area (Å²) in [6.07, 6.45) is 0. The summed E-state index contributed by atoms with van der Waals surface area (Å²) >= 11 is 0. The van der Waals surface area contributed by atoms with Crippen LogP contribution in [0.3, 0.4) is 0 Å². The van der Waals surface area contributed by atoms with Crippen LogP contribution in [-0.2, 0) is 9.59 Å². The van der Waals surface area contributed by atoms with E-state index in [0.717, 1.165) is 5.56 Å². The highest BCUT2D eigenvalue weighted by Gasteiger charge is 2.45. The first-order chi connectivity index (χ1) is 11.1. The van der Waals surface area contributed by atoms with Crippen LogP contribution in [0.15, 0.2) is 41.7 Å². The standard InChI is InChI=1S/C19H26N2O3/c1-19(2,3)17(23)14-15(13-9-7-6-8-10-13)21(12-11-20(4)5)18(24)16(14)22/h6-10,15,22H,11-12H2,1-5H3. The van der Waals surface area contributed by atoms with E-state index in [2.05, 4.69) is 0 Å². The van der Waals surface area contributed by atoms with E-state index >= 15 is 0 Å². The first kappa shape index (κ1) is 18.2. The molecule has 130 valence electrons. The number of carbonyl (C=O) groups excluding carboxylic acids is 2. The lowest BCUT2D eigenvalue weighted by Gasteiger charge is -2.29. The molecular weight excluding hydrogens is 304 g/mol. The number of hydrogen-bond donors (Lipinski definition) is 1. The molecule has 1 aliphatic rings. The van der Waals surface area contributed by atoms with Gasteiger partial charge in [-0.15, -0.1) is 0 Å². The van der Waals surface area contributed by atoms with Gasteiger partial charge in [-0.3, -0.25) is 9.59 Å². The Morgan fingerprint density at radius 1 is 1.21 bits per heavy atom. The van der Waals surface area contributed by atoms with Crippen LogP contribution in [0.5, 0.6) is 0 Å². The molecule has 0 fully saturated rings. The fourth-order valence-electron chi connectivity index (χ4n) is 2.81. The summed E-state index contributed by atoms with van der Waals surface area (Å²) in [6.45, 7) is 6.48. The molecule has 0 saturated heterocycles. The number of aliphatic hydroxyl groups is 1. The van der Waals surface area contributed by atoms with Crippen LogP contribution >= 0.6 is 0 Å². The Morgan fingerprint density at radius 3 is 2.29 bits per heavy atom. The minimum Gasteiger partial charge on any atom is -0.503 e. The predicted molar refractivity (Wildman–Crippen MR) is 93.6 cm³/mol. The molecule has 0 saturated carbocycles. The van der Waals surface area contributed by atoms with E-state index in [0.29, 0.717) is 13.1 Å². The van der Waals surface area contributed by atoms with Crippen molar-refractivity contribution in [2.24, 2.45) is 5.41 Å². The topological polar surface area (TPSA) is 60.9 Å². The van der Waals surface area contributed by atoms with Gasteiger partial charge in [0, 0.05) is 18.5 Å². The number of carbonyl (C=O) groups is 2. The molecule has 1 N–H and O–H groups in total. The number of aliphatic hydroxyl groups excluding tert-OH is 1. The zero-order valence-electron chi connectivity index (χ0n) is 15.0. The molecule has 24 heavy (non-hydrogen) atoms. The quantitative estimate of drug-likeness (QED) is 0.901. The average Bonchev–Trinajstić information content (AvgIpc) is 2.76. The number of ketones is 1. The zero-order valence-corrected chi connectivity index (χ0v) is 15.0. The Balaban J connectivity index is 2.50. The predicted octanol–water partition coefficient (Wildman–Crippen LogP) is 2.56. The van der Waals surface area contributed by atoms with Crippen molar-refractivity contribution in [3.63, 3.8) is 0 Å². The third-order valence-corrected chi connectivity index (χ3v) is 4.13. The lowest BCUT2D eigenvalue weighted by Crippen LogP contribution is -2.37. The largest absolute Gasteiger partial charge is 0.503 e. The van der Waals surface area contributed by atoms with Gasteiger partial charge in [0.25, 0.3) is 5.91 Å². The SMILES string of the molecule is CN(C)CCN1C(=O)C(O)=C(C(=O)C(C)(C)C)C1c1ccccc1. The second-order valence-corrected chi connectivity index (χ2v) is 7.46. The molecule has 1 amide bonds. The third kappa shape index (κ3) is 3.51. The molecular formula is C19H26N2O3. The molecule has 1 aromatic carbocycles. The van der Waals surface area contributed by atoms with Gasteiger partial charge in [0.1, 0.15) is 0 Å². The molecule has 1 heterocycles. The van der Waals surface area contributed by atoms with Crippen molar-refractivity contribution in [3.05, 3.63) is 47.2 Å². The summed E-state index contributed by atoms with van der Waals surface area (Å²) in [7, 11) is 3.85. The maximum Gasteiger partial charge on any atom is 0.290 e. The second-order valence-electron chi connectivity index (χ2n) is 7.46. The number of hydrogen-bond acceptors (Lipinski definition) is 4. The average molecular weight is 330 g/mol. The Bertz CT molecular complexity index is 657. The Labute approximate surface area is 143 Å². The minimum absolute atomic E-state index is 0.199.